The van der Waals surface area contributed by atoms with E-state index < -0.39 is 0 Å². The maximum absolute atomic E-state index is 4.81. The average molecular weight is 425 g/mol. The Labute approximate surface area is 169 Å². The highest BCUT2D eigenvalue weighted by Gasteiger charge is 2.23. The minimum Gasteiger partial charge on any atom is -0.366 e. The summed E-state index contributed by atoms with van der Waals surface area (Å²) in [6.45, 7) is 9.49. The molecule has 4 nitrogen and oxygen atoms in total. The molecule has 0 aliphatic carbocycles. The SMILES string of the molecule is Cc1nn(-c2ccccc2)c(C)c1N1CCN(Cc2ccccc2Br)CC1. The van der Waals surface area contributed by atoms with Crippen molar-refractivity contribution in [2.75, 3.05) is 31.1 Å². The summed E-state index contributed by atoms with van der Waals surface area (Å²) in [6, 6.07) is 18.9. The van der Waals surface area contributed by atoms with Crippen molar-refractivity contribution >= 4 is 21.6 Å². The third-order valence-electron chi connectivity index (χ3n) is 5.29. The molecule has 0 saturated carbocycles. The van der Waals surface area contributed by atoms with Crippen LogP contribution in [0.15, 0.2) is 59.1 Å². The van der Waals surface area contributed by atoms with Crippen molar-refractivity contribution < 1.29 is 0 Å². The topological polar surface area (TPSA) is 24.3 Å². The Morgan fingerprint density at radius 1 is 0.889 bits per heavy atom. The molecule has 0 bridgehead atoms. The average Bonchev–Trinajstić information content (AvgIpc) is 2.99. The minimum atomic E-state index is 0.997. The van der Waals surface area contributed by atoms with Crippen LogP contribution in [0.3, 0.4) is 0 Å². The lowest BCUT2D eigenvalue weighted by atomic mass is 10.2. The first-order valence-electron chi connectivity index (χ1n) is 9.46. The van der Waals surface area contributed by atoms with Gasteiger partial charge in [0.1, 0.15) is 0 Å². The summed E-state index contributed by atoms with van der Waals surface area (Å²) in [5, 5.41) is 4.81. The number of benzene rings is 2. The summed E-state index contributed by atoms with van der Waals surface area (Å²) < 4.78 is 3.27. The molecule has 1 aromatic heterocycles. The van der Waals surface area contributed by atoms with Crippen molar-refractivity contribution in [2.45, 2.75) is 20.4 Å². The van der Waals surface area contributed by atoms with Crippen LogP contribution in [0.1, 0.15) is 17.0 Å². The minimum absolute atomic E-state index is 0.997. The first-order valence-corrected chi connectivity index (χ1v) is 10.2. The summed E-state index contributed by atoms with van der Waals surface area (Å²) >= 11 is 3.67. The van der Waals surface area contributed by atoms with Gasteiger partial charge in [-0.05, 0) is 37.6 Å². The number of anilines is 1. The van der Waals surface area contributed by atoms with Gasteiger partial charge in [0.15, 0.2) is 0 Å². The third-order valence-corrected chi connectivity index (χ3v) is 6.07. The van der Waals surface area contributed by atoms with Gasteiger partial charge in [0.25, 0.3) is 0 Å². The fourth-order valence-corrected chi connectivity index (χ4v) is 4.32. The van der Waals surface area contributed by atoms with Crippen LogP contribution in [0.4, 0.5) is 5.69 Å². The number of nitrogens with zero attached hydrogens (tertiary/aromatic N) is 4. The molecule has 27 heavy (non-hydrogen) atoms. The molecule has 1 aliphatic rings. The molecule has 1 aliphatic heterocycles. The van der Waals surface area contributed by atoms with E-state index in [0.717, 1.165) is 44.1 Å². The monoisotopic (exact) mass is 424 g/mol. The van der Waals surface area contributed by atoms with Crippen molar-refractivity contribution in [2.24, 2.45) is 0 Å². The Hall–Kier alpha value is -2.11. The Kier molecular flexibility index (Phi) is 5.32. The fourth-order valence-electron chi connectivity index (χ4n) is 3.91. The molecule has 2 heterocycles. The third kappa shape index (κ3) is 3.80. The van der Waals surface area contributed by atoms with E-state index >= 15 is 0 Å². The zero-order valence-corrected chi connectivity index (χ0v) is 17.5. The van der Waals surface area contributed by atoms with Crippen LogP contribution in [0.5, 0.6) is 0 Å². The zero-order valence-electron chi connectivity index (χ0n) is 15.9. The van der Waals surface area contributed by atoms with E-state index in [4.69, 9.17) is 5.10 Å². The molecule has 5 heteroatoms. The predicted molar refractivity (Wildman–Crippen MR) is 115 cm³/mol. The lowest BCUT2D eigenvalue weighted by molar-refractivity contribution is 0.249. The lowest BCUT2D eigenvalue weighted by Crippen LogP contribution is -2.46. The van der Waals surface area contributed by atoms with Crippen LogP contribution in [0.2, 0.25) is 0 Å². The van der Waals surface area contributed by atoms with E-state index in [2.05, 4.69) is 92.8 Å². The molecule has 1 fully saturated rings. The summed E-state index contributed by atoms with van der Waals surface area (Å²) in [4.78, 5) is 5.02. The van der Waals surface area contributed by atoms with Gasteiger partial charge in [0.05, 0.1) is 22.8 Å². The van der Waals surface area contributed by atoms with Gasteiger partial charge < -0.3 is 4.90 Å². The second kappa shape index (κ2) is 7.87. The summed E-state index contributed by atoms with van der Waals surface area (Å²) in [7, 11) is 0. The standard InChI is InChI=1S/C22H25BrN4/c1-17-22(18(2)27(24-17)20-9-4-3-5-10-20)26-14-12-25(13-15-26)16-19-8-6-7-11-21(19)23/h3-11H,12-16H2,1-2H3. The van der Waals surface area contributed by atoms with Gasteiger partial charge in [-0.15, -0.1) is 0 Å². The maximum atomic E-state index is 4.81. The first kappa shape index (κ1) is 18.3. The highest BCUT2D eigenvalue weighted by molar-refractivity contribution is 9.10. The Morgan fingerprint density at radius 2 is 1.56 bits per heavy atom. The summed E-state index contributed by atoms with van der Waals surface area (Å²) in [5.41, 5.74) is 6.10. The molecular formula is C22H25BrN4. The Balaban J connectivity index is 1.47. The Bertz CT molecular complexity index is 911. The maximum Gasteiger partial charge on any atom is 0.0834 e. The van der Waals surface area contributed by atoms with Gasteiger partial charge in [-0.2, -0.15) is 5.10 Å². The number of rotatable bonds is 4. The van der Waals surface area contributed by atoms with Crippen molar-refractivity contribution in [1.29, 1.82) is 0 Å². The van der Waals surface area contributed by atoms with Crippen LogP contribution < -0.4 is 4.90 Å². The van der Waals surface area contributed by atoms with Crippen molar-refractivity contribution in [1.82, 2.24) is 14.7 Å². The largest absolute Gasteiger partial charge is 0.366 e. The predicted octanol–water partition coefficient (Wildman–Crippen LogP) is 4.57. The molecule has 4 rings (SSSR count). The normalized spacial score (nSPS) is 15.3. The number of hydrogen-bond acceptors (Lipinski definition) is 3. The van der Waals surface area contributed by atoms with Crippen molar-refractivity contribution in [3.8, 4) is 5.69 Å². The second-order valence-electron chi connectivity index (χ2n) is 7.12. The van der Waals surface area contributed by atoms with Gasteiger partial charge >= 0.3 is 0 Å². The molecule has 0 N–H and O–H groups in total. The van der Waals surface area contributed by atoms with Crippen LogP contribution in [0.25, 0.3) is 5.69 Å². The molecule has 0 radical (unpaired) electrons. The van der Waals surface area contributed by atoms with Crippen LogP contribution in [-0.2, 0) is 6.54 Å². The molecule has 0 atom stereocenters. The number of para-hydroxylation sites is 1. The van der Waals surface area contributed by atoms with Gasteiger partial charge in [0, 0.05) is 37.2 Å². The fraction of sp³-hybridized carbons (Fsp3) is 0.318. The summed E-state index contributed by atoms with van der Waals surface area (Å²) in [6.07, 6.45) is 0. The van der Waals surface area contributed by atoms with E-state index in [1.165, 1.54) is 21.4 Å². The summed E-state index contributed by atoms with van der Waals surface area (Å²) in [5.74, 6) is 0. The molecule has 140 valence electrons. The number of aryl methyl sites for hydroxylation is 1. The number of halogens is 1. The van der Waals surface area contributed by atoms with E-state index in [9.17, 15) is 0 Å². The quantitative estimate of drug-likeness (QED) is 0.612. The van der Waals surface area contributed by atoms with Gasteiger partial charge in [-0.1, -0.05) is 52.3 Å². The van der Waals surface area contributed by atoms with Crippen LogP contribution >= 0.6 is 15.9 Å². The Morgan fingerprint density at radius 3 is 2.26 bits per heavy atom. The van der Waals surface area contributed by atoms with E-state index in [-0.39, 0.29) is 0 Å². The van der Waals surface area contributed by atoms with Crippen molar-refractivity contribution in [3.63, 3.8) is 0 Å². The van der Waals surface area contributed by atoms with Gasteiger partial charge in [-0.3, -0.25) is 4.90 Å². The van der Waals surface area contributed by atoms with Crippen LogP contribution in [-0.4, -0.2) is 40.9 Å². The van der Waals surface area contributed by atoms with Crippen LogP contribution in [0, 0.1) is 13.8 Å². The first-order chi connectivity index (χ1) is 13.1. The molecule has 0 unspecified atom stereocenters. The lowest BCUT2D eigenvalue weighted by Gasteiger charge is -2.36. The zero-order chi connectivity index (χ0) is 18.8. The molecule has 0 amide bonds. The molecule has 0 spiro atoms. The van der Waals surface area contributed by atoms with E-state index in [0.29, 0.717) is 0 Å². The smallest absolute Gasteiger partial charge is 0.0834 e. The molecular weight excluding hydrogens is 400 g/mol. The number of piperazine rings is 1. The molecule has 3 aromatic rings. The van der Waals surface area contributed by atoms with Crippen molar-refractivity contribution in [3.05, 3.63) is 76.0 Å². The van der Waals surface area contributed by atoms with Gasteiger partial charge in [-0.25, -0.2) is 4.68 Å². The van der Waals surface area contributed by atoms with E-state index in [1.54, 1.807) is 0 Å². The van der Waals surface area contributed by atoms with Gasteiger partial charge in [0.2, 0.25) is 0 Å². The highest BCUT2D eigenvalue weighted by Crippen LogP contribution is 2.28. The number of aromatic nitrogens is 2. The second-order valence-corrected chi connectivity index (χ2v) is 7.98. The molecule has 2 aromatic carbocycles. The molecule has 1 saturated heterocycles. The van der Waals surface area contributed by atoms with E-state index in [1.807, 2.05) is 6.07 Å². The number of hydrogen-bond donors (Lipinski definition) is 0. The highest BCUT2D eigenvalue weighted by atomic mass is 79.9.